The first-order valence-electron chi connectivity index (χ1n) is 7.98. The molecule has 1 saturated carbocycles. The van der Waals surface area contributed by atoms with Crippen LogP contribution < -0.4 is 11.1 Å². The molecule has 1 aliphatic rings. The molecule has 6 heteroatoms. The molecular formula is C16H25N3O2S. The van der Waals surface area contributed by atoms with Crippen molar-refractivity contribution in [1.29, 1.82) is 0 Å². The maximum atomic E-state index is 12.5. The highest BCUT2D eigenvalue weighted by Crippen LogP contribution is 2.32. The molecule has 1 aliphatic carbocycles. The summed E-state index contributed by atoms with van der Waals surface area (Å²) in [6.07, 6.45) is 4.38. The highest BCUT2D eigenvalue weighted by molar-refractivity contribution is 7.18. The minimum Gasteiger partial charge on any atom is -0.390 e. The van der Waals surface area contributed by atoms with Gasteiger partial charge >= 0.3 is 0 Å². The molecule has 0 spiro atoms. The summed E-state index contributed by atoms with van der Waals surface area (Å²) in [7, 11) is 0. The molecule has 1 fully saturated rings. The van der Waals surface area contributed by atoms with Crippen molar-refractivity contribution in [2.45, 2.75) is 52.5 Å². The molecule has 0 unspecified atom stereocenters. The zero-order valence-electron chi connectivity index (χ0n) is 13.6. The normalized spacial score (nSPS) is 15.0. The summed E-state index contributed by atoms with van der Waals surface area (Å²) in [5.41, 5.74) is 7.21. The molecule has 5 nitrogen and oxygen atoms in total. The first kappa shape index (κ1) is 16.8. The lowest BCUT2D eigenvalue weighted by molar-refractivity contribution is 0.0777. The van der Waals surface area contributed by atoms with E-state index in [2.05, 4.69) is 5.32 Å². The molecule has 2 amide bonds. The summed E-state index contributed by atoms with van der Waals surface area (Å²) in [5.74, 6) is -0.184. The third-order valence-corrected chi connectivity index (χ3v) is 5.45. The van der Waals surface area contributed by atoms with Gasteiger partial charge in [0.15, 0.2) is 0 Å². The Labute approximate surface area is 135 Å². The Kier molecular flexibility index (Phi) is 5.45. The van der Waals surface area contributed by atoms with Crippen LogP contribution in [0.3, 0.4) is 0 Å². The van der Waals surface area contributed by atoms with Crippen molar-refractivity contribution in [2.24, 2.45) is 0 Å². The van der Waals surface area contributed by atoms with Crippen LogP contribution in [0, 0.1) is 6.92 Å². The summed E-state index contributed by atoms with van der Waals surface area (Å²) < 4.78 is 0. The number of nitrogens with two attached hydrogens (primary N) is 1. The van der Waals surface area contributed by atoms with Crippen LogP contribution in [0.15, 0.2) is 0 Å². The van der Waals surface area contributed by atoms with Crippen LogP contribution in [0.5, 0.6) is 0 Å². The number of hydrogen-bond acceptors (Lipinski definition) is 4. The number of nitrogen functional groups attached to an aromatic ring is 1. The van der Waals surface area contributed by atoms with Crippen molar-refractivity contribution >= 4 is 28.2 Å². The van der Waals surface area contributed by atoms with Gasteiger partial charge in [-0.1, -0.05) is 12.8 Å². The average molecular weight is 323 g/mol. The Morgan fingerprint density at radius 3 is 2.41 bits per heavy atom. The topological polar surface area (TPSA) is 75.4 Å². The number of carbonyl (C=O) groups excluding carboxylic acids is 2. The van der Waals surface area contributed by atoms with Gasteiger partial charge in [0.25, 0.3) is 11.8 Å². The molecule has 0 bridgehead atoms. The molecule has 1 aromatic heterocycles. The molecule has 3 N–H and O–H groups in total. The van der Waals surface area contributed by atoms with Crippen LogP contribution in [0.2, 0.25) is 0 Å². The molecule has 0 aliphatic heterocycles. The van der Waals surface area contributed by atoms with E-state index in [4.69, 9.17) is 5.73 Å². The zero-order valence-corrected chi connectivity index (χ0v) is 14.4. The maximum absolute atomic E-state index is 12.5. The van der Waals surface area contributed by atoms with Gasteiger partial charge in [-0.3, -0.25) is 9.59 Å². The predicted octanol–water partition coefficient (Wildman–Crippen LogP) is 2.79. The first-order valence-corrected chi connectivity index (χ1v) is 8.80. The van der Waals surface area contributed by atoms with Gasteiger partial charge < -0.3 is 16.0 Å². The summed E-state index contributed by atoms with van der Waals surface area (Å²) >= 11 is 1.22. The van der Waals surface area contributed by atoms with Gasteiger partial charge in [0.2, 0.25) is 0 Å². The van der Waals surface area contributed by atoms with Crippen molar-refractivity contribution in [3.05, 3.63) is 16.0 Å². The van der Waals surface area contributed by atoms with Crippen LogP contribution >= 0.6 is 11.3 Å². The first-order chi connectivity index (χ1) is 10.5. The lowest BCUT2D eigenvalue weighted by Crippen LogP contribution is -2.33. The lowest BCUT2D eigenvalue weighted by Gasteiger charge is -2.18. The van der Waals surface area contributed by atoms with E-state index in [1.807, 2.05) is 20.8 Å². The van der Waals surface area contributed by atoms with Gasteiger partial charge in [-0.25, -0.2) is 0 Å². The molecule has 0 saturated heterocycles. The minimum atomic E-state index is -0.142. The molecule has 0 atom stereocenters. The largest absolute Gasteiger partial charge is 0.390 e. The van der Waals surface area contributed by atoms with Gasteiger partial charge in [0.1, 0.15) is 0 Å². The van der Waals surface area contributed by atoms with E-state index in [-0.39, 0.29) is 17.9 Å². The number of thiophene rings is 1. The number of anilines is 1. The van der Waals surface area contributed by atoms with E-state index < -0.39 is 0 Å². The van der Waals surface area contributed by atoms with Crippen LogP contribution in [0.4, 0.5) is 5.00 Å². The van der Waals surface area contributed by atoms with Crippen molar-refractivity contribution in [3.8, 4) is 0 Å². The number of carbonyl (C=O) groups is 2. The van der Waals surface area contributed by atoms with E-state index in [0.717, 1.165) is 25.7 Å². The van der Waals surface area contributed by atoms with E-state index >= 15 is 0 Å². The predicted molar refractivity (Wildman–Crippen MR) is 90.4 cm³/mol. The second-order valence-electron chi connectivity index (χ2n) is 5.73. The summed E-state index contributed by atoms with van der Waals surface area (Å²) in [6, 6.07) is 0.244. The van der Waals surface area contributed by atoms with Gasteiger partial charge in [0, 0.05) is 19.1 Å². The van der Waals surface area contributed by atoms with Gasteiger partial charge in [-0.05, 0) is 39.2 Å². The summed E-state index contributed by atoms with van der Waals surface area (Å²) in [6.45, 7) is 7.00. The molecule has 0 aromatic carbocycles. The third kappa shape index (κ3) is 3.27. The summed E-state index contributed by atoms with van der Waals surface area (Å²) in [5, 5.41) is 3.48. The SMILES string of the molecule is CCN(CC)C(=O)c1sc(N)c(C(=O)NC2CCCC2)c1C. The number of amides is 2. The van der Waals surface area contributed by atoms with E-state index in [9.17, 15) is 9.59 Å². The fraction of sp³-hybridized carbons (Fsp3) is 0.625. The molecule has 0 radical (unpaired) electrons. The zero-order chi connectivity index (χ0) is 16.3. The Hall–Kier alpha value is -1.56. The fourth-order valence-electron chi connectivity index (χ4n) is 3.00. The second kappa shape index (κ2) is 7.13. The standard InChI is InChI=1S/C16H25N3O2S/c1-4-19(5-2)16(21)13-10(3)12(14(17)22-13)15(20)18-11-8-6-7-9-11/h11H,4-9,17H2,1-3H3,(H,18,20). The molecule has 22 heavy (non-hydrogen) atoms. The van der Waals surface area contributed by atoms with Crippen LogP contribution in [-0.2, 0) is 0 Å². The van der Waals surface area contributed by atoms with Gasteiger partial charge in [0.05, 0.1) is 15.4 Å². The molecule has 2 rings (SSSR count). The smallest absolute Gasteiger partial charge is 0.264 e. The molecular weight excluding hydrogens is 298 g/mol. The van der Waals surface area contributed by atoms with Crippen molar-refractivity contribution in [2.75, 3.05) is 18.8 Å². The molecule has 1 aromatic rings. The summed E-state index contributed by atoms with van der Waals surface area (Å²) in [4.78, 5) is 27.3. The fourth-order valence-corrected chi connectivity index (χ4v) is 4.04. The van der Waals surface area contributed by atoms with E-state index in [1.165, 1.54) is 11.3 Å². The quantitative estimate of drug-likeness (QED) is 0.875. The number of nitrogens with zero attached hydrogens (tertiary/aromatic N) is 1. The monoisotopic (exact) mass is 323 g/mol. The Balaban J connectivity index is 2.22. The van der Waals surface area contributed by atoms with Gasteiger partial charge in [-0.2, -0.15) is 0 Å². The highest BCUT2D eigenvalue weighted by Gasteiger charge is 2.27. The lowest BCUT2D eigenvalue weighted by atomic mass is 10.1. The Morgan fingerprint density at radius 2 is 1.86 bits per heavy atom. The maximum Gasteiger partial charge on any atom is 0.264 e. The average Bonchev–Trinajstić information content (AvgIpc) is 3.08. The van der Waals surface area contributed by atoms with Crippen LogP contribution in [-0.4, -0.2) is 35.8 Å². The van der Waals surface area contributed by atoms with Crippen molar-refractivity contribution in [3.63, 3.8) is 0 Å². The number of hydrogen-bond donors (Lipinski definition) is 2. The molecule has 122 valence electrons. The Morgan fingerprint density at radius 1 is 1.27 bits per heavy atom. The number of rotatable bonds is 5. The van der Waals surface area contributed by atoms with Crippen LogP contribution in [0.1, 0.15) is 65.1 Å². The Bertz CT molecular complexity index is 558. The van der Waals surface area contributed by atoms with Gasteiger partial charge in [-0.15, -0.1) is 11.3 Å². The van der Waals surface area contributed by atoms with Crippen molar-refractivity contribution < 1.29 is 9.59 Å². The van der Waals surface area contributed by atoms with Crippen molar-refractivity contribution in [1.82, 2.24) is 10.2 Å². The third-order valence-electron chi connectivity index (χ3n) is 4.34. The second-order valence-corrected chi connectivity index (χ2v) is 6.78. The highest BCUT2D eigenvalue weighted by atomic mass is 32.1. The van der Waals surface area contributed by atoms with E-state index in [1.54, 1.807) is 4.90 Å². The molecule has 1 heterocycles. The number of nitrogens with one attached hydrogen (secondary N) is 1. The van der Waals surface area contributed by atoms with E-state index in [0.29, 0.717) is 34.1 Å². The van der Waals surface area contributed by atoms with Crippen LogP contribution in [0.25, 0.3) is 0 Å². The minimum absolute atomic E-state index is 0.0425.